The Balaban J connectivity index is 3.55. The lowest BCUT2D eigenvalue weighted by atomic mass is 10.0. The van der Waals surface area contributed by atoms with Crippen molar-refractivity contribution in [1.82, 2.24) is 5.32 Å². The Hall–Kier alpha value is -1.46. The number of rotatable bonds is 14. The molecule has 0 saturated heterocycles. The van der Waals surface area contributed by atoms with Crippen molar-refractivity contribution in [2.75, 3.05) is 33.0 Å². The maximum Gasteiger partial charge on any atom is 0.246 e. The van der Waals surface area contributed by atoms with E-state index in [4.69, 9.17) is 9.47 Å². The number of amides is 1. The quantitative estimate of drug-likeness (QED) is 0.390. The standard InChI is InChI=1S/C19H33NO4/c1-14(2)18(21)8-7-16(5)12-23-9-10-24-13-17(6)11-20-19(22)15(3)4/h16-17H,1,3,7-13H2,2,4-6H3,(H,20,22). The summed E-state index contributed by atoms with van der Waals surface area (Å²) >= 11 is 0. The minimum absolute atomic E-state index is 0.121. The monoisotopic (exact) mass is 339 g/mol. The van der Waals surface area contributed by atoms with Crippen molar-refractivity contribution < 1.29 is 19.1 Å². The number of carbonyl (C=O) groups is 2. The van der Waals surface area contributed by atoms with Crippen LogP contribution in [0.4, 0.5) is 0 Å². The first-order valence-electron chi connectivity index (χ1n) is 8.51. The minimum Gasteiger partial charge on any atom is -0.379 e. The first-order valence-corrected chi connectivity index (χ1v) is 8.51. The summed E-state index contributed by atoms with van der Waals surface area (Å²) in [5.41, 5.74) is 1.13. The molecule has 0 saturated carbocycles. The first-order chi connectivity index (χ1) is 11.2. The zero-order valence-corrected chi connectivity index (χ0v) is 15.7. The van der Waals surface area contributed by atoms with Gasteiger partial charge in [-0.25, -0.2) is 0 Å². The summed E-state index contributed by atoms with van der Waals surface area (Å²) in [6.45, 7) is 17.6. The number of Topliss-reactive ketones (excluding diaryl/α,β-unsaturated/α-hetero) is 1. The molecule has 0 spiro atoms. The molecule has 2 atom stereocenters. The molecule has 5 nitrogen and oxygen atoms in total. The number of ether oxygens (including phenoxy) is 2. The molecule has 0 bridgehead atoms. The topological polar surface area (TPSA) is 64.6 Å². The fourth-order valence-electron chi connectivity index (χ4n) is 1.84. The molecular formula is C19H33NO4. The van der Waals surface area contributed by atoms with Crippen LogP contribution in [0.1, 0.15) is 40.5 Å². The second-order valence-corrected chi connectivity index (χ2v) is 6.59. The van der Waals surface area contributed by atoms with Crippen molar-refractivity contribution in [3.63, 3.8) is 0 Å². The van der Waals surface area contributed by atoms with E-state index in [0.29, 0.717) is 56.5 Å². The fraction of sp³-hybridized carbons (Fsp3) is 0.684. The number of allylic oxidation sites excluding steroid dienone is 1. The highest BCUT2D eigenvalue weighted by Gasteiger charge is 2.08. The lowest BCUT2D eigenvalue weighted by Gasteiger charge is -2.14. The third kappa shape index (κ3) is 12.0. The molecule has 5 heteroatoms. The second-order valence-electron chi connectivity index (χ2n) is 6.59. The molecule has 0 aromatic heterocycles. The van der Waals surface area contributed by atoms with E-state index in [-0.39, 0.29) is 17.6 Å². The van der Waals surface area contributed by atoms with Gasteiger partial charge in [0.25, 0.3) is 0 Å². The molecule has 2 unspecified atom stereocenters. The highest BCUT2D eigenvalue weighted by molar-refractivity contribution is 5.94. The van der Waals surface area contributed by atoms with Crippen LogP contribution < -0.4 is 5.32 Å². The average Bonchev–Trinajstić information content (AvgIpc) is 2.52. The molecule has 1 N–H and O–H groups in total. The molecule has 0 aliphatic carbocycles. The van der Waals surface area contributed by atoms with E-state index in [1.54, 1.807) is 13.8 Å². The number of carbonyl (C=O) groups excluding carboxylic acids is 2. The predicted molar refractivity (Wildman–Crippen MR) is 96.8 cm³/mol. The average molecular weight is 339 g/mol. The Bertz CT molecular complexity index is 391. The van der Waals surface area contributed by atoms with Crippen molar-refractivity contribution in [3.05, 3.63) is 24.3 Å². The van der Waals surface area contributed by atoms with Crippen LogP contribution in [0.2, 0.25) is 0 Å². The van der Waals surface area contributed by atoms with Crippen molar-refractivity contribution in [1.29, 1.82) is 0 Å². The van der Waals surface area contributed by atoms with Crippen molar-refractivity contribution in [3.8, 4) is 0 Å². The van der Waals surface area contributed by atoms with Crippen LogP contribution in [0.3, 0.4) is 0 Å². The van der Waals surface area contributed by atoms with E-state index in [2.05, 4.69) is 25.4 Å². The number of hydrogen-bond acceptors (Lipinski definition) is 4. The Morgan fingerprint density at radius 3 is 2.00 bits per heavy atom. The summed E-state index contributed by atoms with van der Waals surface area (Å²) in [6, 6.07) is 0. The maximum atomic E-state index is 11.5. The molecule has 0 fully saturated rings. The van der Waals surface area contributed by atoms with Gasteiger partial charge < -0.3 is 14.8 Å². The van der Waals surface area contributed by atoms with Gasteiger partial charge in [-0.2, -0.15) is 0 Å². The van der Waals surface area contributed by atoms with E-state index in [9.17, 15) is 9.59 Å². The molecule has 0 aliphatic rings. The van der Waals surface area contributed by atoms with Gasteiger partial charge in [0.15, 0.2) is 5.78 Å². The third-order valence-corrected chi connectivity index (χ3v) is 3.52. The van der Waals surface area contributed by atoms with Crippen LogP contribution in [-0.4, -0.2) is 44.7 Å². The van der Waals surface area contributed by atoms with Crippen LogP contribution in [0.25, 0.3) is 0 Å². The molecule has 0 rings (SSSR count). The minimum atomic E-state index is -0.121. The molecule has 0 radical (unpaired) electrons. The zero-order chi connectivity index (χ0) is 18.5. The van der Waals surface area contributed by atoms with Gasteiger partial charge in [0, 0.05) is 25.1 Å². The summed E-state index contributed by atoms with van der Waals surface area (Å²) < 4.78 is 11.1. The Labute approximate surface area is 146 Å². The van der Waals surface area contributed by atoms with Crippen LogP contribution in [0, 0.1) is 11.8 Å². The number of ketones is 1. The summed E-state index contributed by atoms with van der Waals surface area (Å²) in [4.78, 5) is 22.8. The molecule has 138 valence electrons. The van der Waals surface area contributed by atoms with Gasteiger partial charge in [0.05, 0.1) is 19.8 Å². The number of hydrogen-bond donors (Lipinski definition) is 1. The lowest BCUT2D eigenvalue weighted by Crippen LogP contribution is -2.30. The van der Waals surface area contributed by atoms with E-state index >= 15 is 0 Å². The fourth-order valence-corrected chi connectivity index (χ4v) is 1.84. The number of nitrogens with one attached hydrogen (secondary N) is 1. The molecule has 0 aromatic rings. The Kier molecular flexibility index (Phi) is 12.1. The highest BCUT2D eigenvalue weighted by Crippen LogP contribution is 2.09. The summed E-state index contributed by atoms with van der Waals surface area (Å²) in [5, 5.41) is 2.80. The molecule has 0 heterocycles. The van der Waals surface area contributed by atoms with Gasteiger partial charge in [-0.1, -0.05) is 27.0 Å². The van der Waals surface area contributed by atoms with Crippen molar-refractivity contribution >= 4 is 11.7 Å². The molecule has 0 aliphatic heterocycles. The second kappa shape index (κ2) is 12.9. The van der Waals surface area contributed by atoms with Crippen LogP contribution in [0.15, 0.2) is 24.3 Å². The molecule has 0 aromatic carbocycles. The van der Waals surface area contributed by atoms with Gasteiger partial charge in [-0.15, -0.1) is 0 Å². The van der Waals surface area contributed by atoms with Crippen molar-refractivity contribution in [2.45, 2.75) is 40.5 Å². The Morgan fingerprint density at radius 2 is 1.50 bits per heavy atom. The summed E-state index contributed by atoms with van der Waals surface area (Å²) in [5.74, 6) is 0.576. The van der Waals surface area contributed by atoms with Gasteiger partial charge >= 0.3 is 0 Å². The van der Waals surface area contributed by atoms with Crippen LogP contribution in [-0.2, 0) is 19.1 Å². The smallest absolute Gasteiger partial charge is 0.246 e. The predicted octanol–water partition coefficient (Wildman–Crippen LogP) is 2.91. The van der Waals surface area contributed by atoms with Gasteiger partial charge in [-0.3, -0.25) is 9.59 Å². The van der Waals surface area contributed by atoms with Crippen molar-refractivity contribution in [2.24, 2.45) is 11.8 Å². The van der Waals surface area contributed by atoms with Gasteiger partial charge in [-0.05, 0) is 37.7 Å². The highest BCUT2D eigenvalue weighted by atomic mass is 16.5. The van der Waals surface area contributed by atoms with Gasteiger partial charge in [0.1, 0.15) is 0 Å². The first kappa shape index (κ1) is 22.5. The maximum absolute atomic E-state index is 11.5. The lowest BCUT2D eigenvalue weighted by molar-refractivity contribution is -0.118. The third-order valence-electron chi connectivity index (χ3n) is 3.52. The normalized spacial score (nSPS) is 13.2. The summed E-state index contributed by atoms with van der Waals surface area (Å²) in [6.07, 6.45) is 1.34. The SMILES string of the molecule is C=C(C)C(=O)CCC(C)COCCOCC(C)CNC(=O)C(=C)C. The van der Waals surface area contributed by atoms with Crippen LogP contribution >= 0.6 is 0 Å². The van der Waals surface area contributed by atoms with Gasteiger partial charge in [0.2, 0.25) is 5.91 Å². The van der Waals surface area contributed by atoms with E-state index in [0.717, 1.165) is 6.42 Å². The van der Waals surface area contributed by atoms with E-state index in [1.807, 2.05) is 6.92 Å². The largest absolute Gasteiger partial charge is 0.379 e. The Morgan fingerprint density at radius 1 is 0.958 bits per heavy atom. The van der Waals surface area contributed by atoms with E-state index < -0.39 is 0 Å². The summed E-state index contributed by atoms with van der Waals surface area (Å²) in [7, 11) is 0. The van der Waals surface area contributed by atoms with E-state index in [1.165, 1.54) is 0 Å². The molecule has 1 amide bonds. The molecule has 24 heavy (non-hydrogen) atoms. The zero-order valence-electron chi connectivity index (χ0n) is 15.7. The molecular weight excluding hydrogens is 306 g/mol. The van der Waals surface area contributed by atoms with Crippen LogP contribution in [0.5, 0.6) is 0 Å².